The molecule has 514 valence electrons. The number of thioether (sulfide) groups is 1. The highest BCUT2D eigenvalue weighted by Gasteiger charge is 2.59. The van der Waals surface area contributed by atoms with E-state index in [2.05, 4.69) is 12.6 Å². The summed E-state index contributed by atoms with van der Waals surface area (Å²) in [6, 6.07) is 0. The van der Waals surface area contributed by atoms with E-state index in [9.17, 15) is 102 Å². The summed E-state index contributed by atoms with van der Waals surface area (Å²) in [6.07, 6.45) is -60.5. The van der Waals surface area contributed by atoms with Crippen LogP contribution < -0.4 is 0 Å². The van der Waals surface area contributed by atoms with Crippen molar-refractivity contribution in [1.82, 2.24) is 0 Å². The molecule has 0 unspecified atom stereocenters. The minimum Gasteiger partial charge on any atom is -0.394 e. The quantitative estimate of drug-likeness (QED) is 0.0448. The maximum absolute atomic E-state index is 11.9. The molecule has 21 aliphatic rings. The van der Waals surface area contributed by atoms with Gasteiger partial charge in [0.15, 0.2) is 44.0 Å². The average molecular weight is 1320 g/mol. The van der Waals surface area contributed by atoms with Gasteiger partial charge >= 0.3 is 0 Å². The fourth-order valence-electron chi connectivity index (χ4n) is 12.0. The number of aliphatic hydroxyl groups is 20. The van der Waals surface area contributed by atoms with Gasteiger partial charge in [-0.25, -0.2) is 0 Å². The Hall–Kier alpha value is -0.660. The molecule has 0 amide bonds. The van der Waals surface area contributed by atoms with Crippen molar-refractivity contribution < 1.29 is 168 Å². The second kappa shape index (κ2) is 33.8. The highest BCUT2D eigenvalue weighted by molar-refractivity contribution is 7.99. The van der Waals surface area contributed by atoms with Crippen molar-refractivity contribution in [2.45, 2.75) is 266 Å². The van der Waals surface area contributed by atoms with E-state index < -0.39 is 255 Å². The molecule has 0 aromatic heterocycles. The summed E-state index contributed by atoms with van der Waals surface area (Å²) < 4.78 is 81.8. The van der Waals surface area contributed by atoms with Crippen LogP contribution in [0.25, 0.3) is 0 Å². The summed E-state index contributed by atoms with van der Waals surface area (Å²) in [7, 11) is 0. The number of thiol groups is 1. The SMILES string of the molecule is OC[C@H]1O[C@@H]2O[C@H]3[C@H](O)[C@@H](O)[C@@H](O[C@H]4[C@H](O)[C@@H](O)[C@@H](O[C@H]5[C@H](O)[C@@H](O)[C@@H](O[C@H]6[C@H](O)[C@@H](O)[C@@H](O[C@H]7[C@H](O)[C@@H](O)[C@@H](O[C@H]8[C@H](O)[C@@H](O)[C@@H](O[C@H]1[C@H](O)[C@H]2O)O[C@@H]8CO)O[C@@H]7CO)O[C@@H]6CO)O[C@@H]5CSCCCCCCCCCCS)O[C@@H]4CO)O[C@@H]3CO. The predicted octanol–water partition coefficient (Wildman–Crippen LogP) is -10.4. The van der Waals surface area contributed by atoms with E-state index in [4.69, 9.17) is 66.3 Å². The Morgan fingerprint density at radius 1 is 0.227 bits per heavy atom. The van der Waals surface area contributed by atoms with Gasteiger partial charge in [0.1, 0.15) is 165 Å². The van der Waals surface area contributed by atoms with Gasteiger partial charge in [-0.2, -0.15) is 24.4 Å². The van der Waals surface area contributed by atoms with Crippen molar-refractivity contribution in [3.8, 4) is 0 Å². The zero-order valence-electron chi connectivity index (χ0n) is 47.7. The molecule has 36 heteroatoms. The number of rotatable bonds is 18. The first-order valence-electron chi connectivity index (χ1n) is 29.7. The summed E-state index contributed by atoms with van der Waals surface area (Å²) in [5, 5.41) is 224. The fraction of sp³-hybridized carbons (Fsp3) is 1.00. The number of hydrogen-bond acceptors (Lipinski definition) is 36. The standard InChI is InChI=1S/C52H90O34S2/c53-11-18-39-26(60)33(67)47(74-18)82-41-20(13-55)76-49(35(69)28(41)62)84-43-22(15-57)78-51(37(71)30(43)64)86-45-24(17-88-10-8-6-4-2-1-3-5-7-9-87)79-52(38(72)31(45)65)85-44-23(16-58)77-50(36(70)29(44)63)83-42-21(14-56)75-48(34(68)27(42)61)81-40-19(12-54)73-46(80-39)32(66)25(40)59/h18-72,87H,1-17H2/t18-,19-,20-,21-,22-,23-,24-,25-,26-,27-,28-,29-,30-,31-,32-,33-,34-,35-,36-,37-,38-,39-,40-,41-,42-,43-,44-,45-,46-,47-,48-,49-,50-,51-,52-/m1/s1. The van der Waals surface area contributed by atoms with Crippen molar-refractivity contribution in [3.63, 3.8) is 0 Å². The molecule has 0 radical (unpaired) electrons. The van der Waals surface area contributed by atoms with E-state index in [0.717, 1.165) is 57.1 Å². The normalized spacial score (nSPS) is 49.9. The van der Waals surface area contributed by atoms with Crippen LogP contribution >= 0.6 is 24.4 Å². The van der Waals surface area contributed by atoms with Crippen LogP contribution in [-0.4, -0.2) is 374 Å². The molecule has 21 fully saturated rings. The molecule has 0 aliphatic carbocycles. The van der Waals surface area contributed by atoms with Crippen LogP contribution in [0, 0.1) is 0 Å². The van der Waals surface area contributed by atoms with Gasteiger partial charge < -0.3 is 168 Å². The molecule has 35 atom stereocenters. The molecule has 20 N–H and O–H groups in total. The molecule has 0 saturated carbocycles. The number of ether oxygens (including phenoxy) is 14. The van der Waals surface area contributed by atoms with Gasteiger partial charge in [-0.3, -0.25) is 0 Å². The van der Waals surface area contributed by atoms with Gasteiger partial charge in [-0.1, -0.05) is 38.5 Å². The molecule has 88 heavy (non-hydrogen) atoms. The van der Waals surface area contributed by atoms with Crippen molar-refractivity contribution in [2.24, 2.45) is 0 Å². The lowest BCUT2D eigenvalue weighted by atomic mass is 9.95. The molecule has 0 aromatic carbocycles. The van der Waals surface area contributed by atoms with E-state index in [1.54, 1.807) is 0 Å². The Morgan fingerprint density at radius 3 is 0.614 bits per heavy atom. The van der Waals surface area contributed by atoms with Crippen molar-refractivity contribution >= 4 is 24.4 Å². The molecule has 34 nitrogen and oxygen atoms in total. The van der Waals surface area contributed by atoms with Crippen LogP contribution in [0.2, 0.25) is 0 Å². The highest BCUT2D eigenvalue weighted by atomic mass is 32.2. The minimum atomic E-state index is -2.20. The molecule has 21 aliphatic heterocycles. The Bertz CT molecular complexity index is 2020. The Kier molecular flexibility index (Phi) is 28.1. The first kappa shape index (κ1) is 73.2. The first-order valence-corrected chi connectivity index (χ1v) is 31.5. The minimum absolute atomic E-state index is 0.0153. The summed E-state index contributed by atoms with van der Waals surface area (Å²) in [4.78, 5) is 0. The Morgan fingerprint density at radius 2 is 0.409 bits per heavy atom. The van der Waals surface area contributed by atoms with E-state index >= 15 is 0 Å². The number of hydrogen-bond donors (Lipinski definition) is 21. The zero-order valence-corrected chi connectivity index (χ0v) is 49.5. The molecular formula is C52H90O34S2. The molecule has 0 spiro atoms. The number of unbranched alkanes of at least 4 members (excludes halogenated alkanes) is 7. The predicted molar refractivity (Wildman–Crippen MR) is 289 cm³/mol. The molecule has 21 heterocycles. The van der Waals surface area contributed by atoms with E-state index in [0.29, 0.717) is 5.75 Å². The third kappa shape index (κ3) is 16.4. The lowest BCUT2D eigenvalue weighted by Gasteiger charge is -2.50. The van der Waals surface area contributed by atoms with E-state index in [-0.39, 0.29) is 5.75 Å². The van der Waals surface area contributed by atoms with Crippen molar-refractivity contribution in [3.05, 3.63) is 0 Å². The van der Waals surface area contributed by atoms with Crippen molar-refractivity contribution in [2.75, 3.05) is 56.9 Å². The first-order chi connectivity index (χ1) is 42.2. The zero-order chi connectivity index (χ0) is 63.8. The monoisotopic (exact) mass is 1320 g/mol. The Balaban J connectivity index is 1.06. The van der Waals surface area contributed by atoms with Gasteiger partial charge in [-0.15, -0.1) is 0 Å². The number of aliphatic hydroxyl groups excluding tert-OH is 20. The topological polar surface area (TPSA) is 534 Å². The van der Waals surface area contributed by atoms with Crippen LogP contribution in [0.1, 0.15) is 51.4 Å². The summed E-state index contributed by atoms with van der Waals surface area (Å²) in [6.45, 7) is -6.13. The second-order valence-corrected chi connectivity index (χ2v) is 24.7. The summed E-state index contributed by atoms with van der Waals surface area (Å²) in [5.74, 6) is 1.37. The van der Waals surface area contributed by atoms with Gasteiger partial charge in [0.2, 0.25) is 0 Å². The smallest absolute Gasteiger partial charge is 0.187 e. The van der Waals surface area contributed by atoms with Crippen molar-refractivity contribution in [1.29, 1.82) is 0 Å². The van der Waals surface area contributed by atoms with Gasteiger partial charge in [-0.05, 0) is 24.3 Å². The van der Waals surface area contributed by atoms with Gasteiger partial charge in [0, 0.05) is 5.75 Å². The van der Waals surface area contributed by atoms with Crippen LogP contribution in [0.4, 0.5) is 0 Å². The largest absolute Gasteiger partial charge is 0.394 e. The van der Waals surface area contributed by atoms with Gasteiger partial charge in [0.05, 0.1) is 45.7 Å². The average Bonchev–Trinajstić information content (AvgIpc) is 2.12. The molecular weight excluding hydrogens is 1230 g/mol. The lowest BCUT2D eigenvalue weighted by molar-refractivity contribution is -0.396. The highest BCUT2D eigenvalue weighted by Crippen LogP contribution is 2.39. The molecule has 21 rings (SSSR count). The van der Waals surface area contributed by atoms with Crippen LogP contribution in [0.5, 0.6) is 0 Å². The van der Waals surface area contributed by atoms with E-state index in [1.807, 2.05) is 0 Å². The maximum Gasteiger partial charge on any atom is 0.187 e. The fourth-order valence-corrected chi connectivity index (χ4v) is 13.3. The van der Waals surface area contributed by atoms with Gasteiger partial charge in [0.25, 0.3) is 0 Å². The molecule has 21 saturated heterocycles. The maximum atomic E-state index is 11.9. The van der Waals surface area contributed by atoms with Crippen LogP contribution in [0.3, 0.4) is 0 Å². The lowest BCUT2D eigenvalue weighted by Crippen LogP contribution is -2.68. The third-order valence-electron chi connectivity index (χ3n) is 17.1. The van der Waals surface area contributed by atoms with Crippen LogP contribution in [-0.2, 0) is 66.3 Å². The molecule has 14 bridgehead atoms. The van der Waals surface area contributed by atoms with Crippen LogP contribution in [0.15, 0.2) is 0 Å². The third-order valence-corrected chi connectivity index (χ3v) is 18.5. The molecule has 0 aromatic rings. The summed E-state index contributed by atoms with van der Waals surface area (Å²) >= 11 is 5.60. The second-order valence-electron chi connectivity index (χ2n) is 23.1. The van der Waals surface area contributed by atoms with E-state index in [1.165, 1.54) is 11.8 Å². The Labute approximate surface area is 514 Å². The summed E-state index contributed by atoms with van der Waals surface area (Å²) in [5.41, 5.74) is 0.